The Balaban J connectivity index is 1.40. The zero-order valence-electron chi connectivity index (χ0n) is 22.2. The third kappa shape index (κ3) is 5.45. The summed E-state index contributed by atoms with van der Waals surface area (Å²) in [5, 5.41) is 8.06. The van der Waals surface area contributed by atoms with Crippen LogP contribution in [-0.2, 0) is 32.7 Å². The summed E-state index contributed by atoms with van der Waals surface area (Å²) in [7, 11) is 1.88. The second-order valence-electron chi connectivity index (χ2n) is 11.1. The summed E-state index contributed by atoms with van der Waals surface area (Å²) in [6.07, 6.45) is -1.19. The summed E-state index contributed by atoms with van der Waals surface area (Å²) in [6, 6.07) is 8.47. The minimum absolute atomic E-state index is 0.0443. The van der Waals surface area contributed by atoms with E-state index in [0.29, 0.717) is 35.9 Å². The molecule has 7 nitrogen and oxygen atoms in total. The molecule has 202 valence electrons. The fourth-order valence-corrected chi connectivity index (χ4v) is 5.82. The van der Waals surface area contributed by atoms with Crippen molar-refractivity contribution in [3.8, 4) is 0 Å². The minimum Gasteiger partial charge on any atom is -0.321 e. The number of anilines is 1. The number of aryl methyl sites for hydroxylation is 1. The Morgan fingerprint density at radius 2 is 1.84 bits per heavy atom. The molecule has 2 aliphatic rings. The fourth-order valence-electron chi connectivity index (χ4n) is 5.82. The maximum Gasteiger partial charge on any atom is 0.433 e. The van der Waals surface area contributed by atoms with E-state index in [1.54, 1.807) is 12.4 Å². The lowest BCUT2D eigenvalue weighted by Gasteiger charge is -2.35. The van der Waals surface area contributed by atoms with Crippen LogP contribution in [0.25, 0.3) is 0 Å². The van der Waals surface area contributed by atoms with E-state index in [0.717, 1.165) is 42.5 Å². The van der Waals surface area contributed by atoms with Crippen LogP contribution in [0.3, 0.4) is 0 Å². The van der Waals surface area contributed by atoms with E-state index >= 15 is 0 Å². The predicted octanol–water partition coefficient (Wildman–Crippen LogP) is 5.21. The minimum atomic E-state index is -4.61. The second kappa shape index (κ2) is 10.1. The Bertz CT molecular complexity index is 1330. The molecule has 0 unspecified atom stereocenters. The summed E-state index contributed by atoms with van der Waals surface area (Å²) in [5.74, 6) is 1.61. The van der Waals surface area contributed by atoms with Crippen molar-refractivity contribution < 1.29 is 18.0 Å². The van der Waals surface area contributed by atoms with Gasteiger partial charge in [-0.25, -0.2) is 4.98 Å². The summed E-state index contributed by atoms with van der Waals surface area (Å²) < 4.78 is 43.4. The van der Waals surface area contributed by atoms with Crippen LogP contribution in [0.5, 0.6) is 0 Å². The second-order valence-corrected chi connectivity index (χ2v) is 11.1. The number of piperidine rings is 1. The van der Waals surface area contributed by atoms with Crippen LogP contribution < -0.4 is 4.90 Å². The number of nitrogens with zero attached hydrogens (tertiary/aromatic N) is 6. The van der Waals surface area contributed by atoms with Gasteiger partial charge < -0.3 is 4.57 Å². The molecular weight excluding hydrogens is 493 g/mol. The van der Waals surface area contributed by atoms with Crippen molar-refractivity contribution in [3.63, 3.8) is 0 Å². The Morgan fingerprint density at radius 1 is 1.11 bits per heavy atom. The number of hydrogen-bond acceptors (Lipinski definition) is 5. The number of rotatable bonds is 6. The van der Waals surface area contributed by atoms with E-state index in [2.05, 4.69) is 40.9 Å². The normalized spacial score (nSPS) is 21.1. The summed E-state index contributed by atoms with van der Waals surface area (Å²) in [5.41, 5.74) is 1.80. The molecular formula is C28H33F3N6O. The Labute approximate surface area is 220 Å². The lowest BCUT2D eigenvalue weighted by molar-refractivity contribution is -0.141. The maximum absolute atomic E-state index is 13.8. The molecule has 0 radical (unpaired) electrons. The topological polar surface area (TPSA) is 67.2 Å². The van der Waals surface area contributed by atoms with Crippen LogP contribution in [-0.4, -0.2) is 43.6 Å². The molecule has 1 amide bonds. The standard InChI is InChI=1S/C28H33F3N6O/c1-17-7-18(2)13-36(12-17)14-20-9-24(28(29,30)31)33-25(10-20)37-15-22-6-5-21(11-23(22)27(37)38)19(3)8-26-34-32-16-35(26)4/h5-6,9-11,16-19H,7-8,12-15H2,1-4H3/t17-,18+,19-/m1/s1. The number of likely N-dealkylation sites (tertiary alicyclic amines) is 1. The van der Waals surface area contributed by atoms with E-state index in [1.807, 2.05) is 29.8 Å². The smallest absolute Gasteiger partial charge is 0.321 e. The molecule has 1 fully saturated rings. The molecule has 3 aromatic rings. The van der Waals surface area contributed by atoms with Gasteiger partial charge in [0.15, 0.2) is 0 Å². The van der Waals surface area contributed by atoms with Crippen LogP contribution in [0.2, 0.25) is 0 Å². The molecule has 0 aliphatic carbocycles. The van der Waals surface area contributed by atoms with Crippen molar-refractivity contribution in [2.45, 2.75) is 58.8 Å². The number of pyridine rings is 1. The van der Waals surface area contributed by atoms with Gasteiger partial charge in [0.25, 0.3) is 5.91 Å². The lowest BCUT2D eigenvalue weighted by Crippen LogP contribution is -2.38. The highest BCUT2D eigenvalue weighted by molar-refractivity contribution is 6.09. The molecule has 10 heteroatoms. The van der Waals surface area contributed by atoms with Gasteiger partial charge in [-0.3, -0.25) is 14.6 Å². The maximum atomic E-state index is 13.8. The summed E-state index contributed by atoms with van der Waals surface area (Å²) >= 11 is 0. The average Bonchev–Trinajstić information content (AvgIpc) is 3.39. The van der Waals surface area contributed by atoms with Gasteiger partial charge >= 0.3 is 6.18 Å². The molecule has 0 spiro atoms. The van der Waals surface area contributed by atoms with Crippen LogP contribution in [0.15, 0.2) is 36.7 Å². The number of carbonyl (C=O) groups excluding carboxylic acids is 1. The molecule has 5 rings (SSSR count). The van der Waals surface area contributed by atoms with Crippen molar-refractivity contribution in [2.24, 2.45) is 18.9 Å². The number of amides is 1. The van der Waals surface area contributed by atoms with Gasteiger partial charge in [-0.1, -0.05) is 32.9 Å². The number of carbonyl (C=O) groups is 1. The Hall–Kier alpha value is -3.27. The van der Waals surface area contributed by atoms with Crippen molar-refractivity contribution in [3.05, 3.63) is 70.4 Å². The highest BCUT2D eigenvalue weighted by atomic mass is 19.4. The van der Waals surface area contributed by atoms with E-state index in [1.165, 1.54) is 4.90 Å². The predicted molar refractivity (Wildman–Crippen MR) is 138 cm³/mol. The number of alkyl halides is 3. The van der Waals surface area contributed by atoms with Crippen molar-refractivity contribution in [2.75, 3.05) is 18.0 Å². The van der Waals surface area contributed by atoms with Crippen LogP contribution >= 0.6 is 0 Å². The number of benzene rings is 1. The zero-order valence-corrected chi connectivity index (χ0v) is 22.2. The fraction of sp³-hybridized carbons (Fsp3) is 0.500. The number of aromatic nitrogens is 4. The number of halogens is 3. The Kier molecular flexibility index (Phi) is 7.02. The Morgan fingerprint density at radius 3 is 2.50 bits per heavy atom. The monoisotopic (exact) mass is 526 g/mol. The molecule has 3 atom stereocenters. The molecule has 4 heterocycles. The number of hydrogen-bond donors (Lipinski definition) is 0. The molecule has 0 saturated carbocycles. The van der Waals surface area contributed by atoms with E-state index < -0.39 is 11.9 Å². The molecule has 2 aromatic heterocycles. The first-order valence-electron chi connectivity index (χ1n) is 13.1. The van der Waals surface area contributed by atoms with Gasteiger partial charge in [-0.2, -0.15) is 13.2 Å². The van der Waals surface area contributed by atoms with Crippen LogP contribution in [0.1, 0.15) is 71.7 Å². The molecule has 1 aromatic carbocycles. The van der Waals surface area contributed by atoms with E-state index in [-0.39, 0.29) is 24.2 Å². The average molecular weight is 527 g/mol. The summed E-state index contributed by atoms with van der Waals surface area (Å²) in [6.45, 7) is 8.66. The van der Waals surface area contributed by atoms with E-state index in [9.17, 15) is 18.0 Å². The SMILES string of the molecule is C[C@@H]1C[C@H](C)CN(Cc2cc(N3Cc4ccc([C@H](C)Cc5nncn5C)cc4C3=O)nc(C(F)(F)F)c2)C1. The molecule has 2 aliphatic heterocycles. The van der Waals surface area contributed by atoms with Crippen LogP contribution in [0.4, 0.5) is 19.0 Å². The van der Waals surface area contributed by atoms with Gasteiger partial charge in [-0.15, -0.1) is 10.2 Å². The molecule has 1 saturated heterocycles. The zero-order chi connectivity index (χ0) is 27.2. The first-order chi connectivity index (χ1) is 18.0. The third-order valence-electron chi connectivity index (χ3n) is 7.59. The van der Waals surface area contributed by atoms with Crippen LogP contribution in [0, 0.1) is 11.8 Å². The van der Waals surface area contributed by atoms with Crippen molar-refractivity contribution in [1.82, 2.24) is 24.6 Å². The molecule has 0 bridgehead atoms. The quantitative estimate of drug-likeness (QED) is 0.441. The first kappa shape index (κ1) is 26.3. The highest BCUT2D eigenvalue weighted by Crippen LogP contribution is 2.35. The summed E-state index contributed by atoms with van der Waals surface area (Å²) in [4.78, 5) is 20.9. The van der Waals surface area contributed by atoms with Gasteiger partial charge in [0.2, 0.25) is 0 Å². The highest BCUT2D eigenvalue weighted by Gasteiger charge is 2.36. The first-order valence-corrected chi connectivity index (χ1v) is 13.1. The van der Waals surface area contributed by atoms with Gasteiger partial charge in [-0.05, 0) is 59.1 Å². The largest absolute Gasteiger partial charge is 0.433 e. The van der Waals surface area contributed by atoms with Crippen molar-refractivity contribution in [1.29, 1.82) is 0 Å². The van der Waals surface area contributed by atoms with Gasteiger partial charge in [0.1, 0.15) is 23.7 Å². The van der Waals surface area contributed by atoms with Gasteiger partial charge in [0, 0.05) is 38.7 Å². The lowest BCUT2D eigenvalue weighted by atomic mass is 9.91. The molecule has 38 heavy (non-hydrogen) atoms. The van der Waals surface area contributed by atoms with E-state index in [4.69, 9.17) is 0 Å². The number of fused-ring (bicyclic) bond motifs is 1. The van der Waals surface area contributed by atoms with Gasteiger partial charge in [0.05, 0.1) is 6.54 Å². The van der Waals surface area contributed by atoms with Crippen molar-refractivity contribution >= 4 is 11.7 Å². The molecule has 0 N–H and O–H groups in total. The third-order valence-corrected chi connectivity index (χ3v) is 7.59.